The van der Waals surface area contributed by atoms with Crippen LogP contribution in [0.1, 0.15) is 37.6 Å². The number of nitrogens with one attached hydrogen (secondary N) is 1. The Bertz CT molecular complexity index is 296. The monoisotopic (exact) mass is 225 g/mol. The maximum absolute atomic E-state index is 5.58. The Morgan fingerprint density at radius 2 is 2.25 bits per heavy atom. The molecule has 0 aliphatic rings. The van der Waals surface area contributed by atoms with E-state index in [0.29, 0.717) is 5.92 Å². The van der Waals surface area contributed by atoms with Gasteiger partial charge in [0.2, 0.25) is 0 Å². The highest BCUT2D eigenvalue weighted by Crippen LogP contribution is 2.27. The topological polar surface area (TPSA) is 34.4 Å². The molecule has 2 atom stereocenters. The van der Waals surface area contributed by atoms with E-state index in [1.807, 2.05) is 6.07 Å². The van der Waals surface area contributed by atoms with Crippen molar-refractivity contribution in [3.63, 3.8) is 0 Å². The van der Waals surface area contributed by atoms with E-state index in [1.165, 1.54) is 5.56 Å². The summed E-state index contributed by atoms with van der Waals surface area (Å²) in [5.74, 6) is 1.57. The zero-order chi connectivity index (χ0) is 12.0. The lowest BCUT2D eigenvalue weighted by Gasteiger charge is -2.23. The fraction of sp³-hybridized carbons (Fsp3) is 0.692. The molecule has 1 N–H and O–H groups in total. The highest BCUT2D eigenvalue weighted by molar-refractivity contribution is 5.18. The van der Waals surface area contributed by atoms with Gasteiger partial charge in [-0.3, -0.25) is 0 Å². The molecule has 0 saturated heterocycles. The summed E-state index contributed by atoms with van der Waals surface area (Å²) >= 11 is 0. The zero-order valence-corrected chi connectivity index (χ0v) is 10.7. The zero-order valence-electron chi connectivity index (χ0n) is 10.7. The SMILES string of the molecule is CCNC(c1occc1C)C(C)CCOC. The minimum atomic E-state index is 0.287. The third kappa shape index (κ3) is 3.35. The summed E-state index contributed by atoms with van der Waals surface area (Å²) in [5, 5.41) is 3.49. The predicted octanol–water partition coefficient (Wildman–Crippen LogP) is 2.91. The number of methoxy groups -OCH3 is 1. The molecule has 0 radical (unpaired) electrons. The number of hydrogen-bond donors (Lipinski definition) is 1. The van der Waals surface area contributed by atoms with Gasteiger partial charge in [0, 0.05) is 13.7 Å². The molecule has 3 heteroatoms. The van der Waals surface area contributed by atoms with Gasteiger partial charge < -0.3 is 14.5 Å². The second-order valence-electron chi connectivity index (χ2n) is 4.26. The molecule has 1 aromatic rings. The van der Waals surface area contributed by atoms with Gasteiger partial charge in [-0.25, -0.2) is 0 Å². The number of rotatable bonds is 7. The van der Waals surface area contributed by atoms with E-state index in [9.17, 15) is 0 Å². The molecule has 0 fully saturated rings. The van der Waals surface area contributed by atoms with Gasteiger partial charge in [0.1, 0.15) is 5.76 Å². The number of aryl methyl sites for hydroxylation is 1. The molecule has 3 nitrogen and oxygen atoms in total. The fourth-order valence-electron chi connectivity index (χ4n) is 1.95. The van der Waals surface area contributed by atoms with Crippen LogP contribution in [0.5, 0.6) is 0 Å². The summed E-state index contributed by atoms with van der Waals surface area (Å²) in [6.07, 6.45) is 2.80. The molecule has 0 spiro atoms. The Morgan fingerprint density at radius 3 is 2.75 bits per heavy atom. The van der Waals surface area contributed by atoms with E-state index in [2.05, 4.69) is 26.1 Å². The van der Waals surface area contributed by atoms with Gasteiger partial charge in [-0.2, -0.15) is 0 Å². The van der Waals surface area contributed by atoms with Crippen molar-refractivity contribution in [3.8, 4) is 0 Å². The van der Waals surface area contributed by atoms with E-state index >= 15 is 0 Å². The Hall–Kier alpha value is -0.800. The Labute approximate surface area is 98.2 Å². The Balaban J connectivity index is 2.70. The molecular formula is C13H23NO2. The van der Waals surface area contributed by atoms with Crippen LogP contribution >= 0.6 is 0 Å². The first-order valence-corrected chi connectivity index (χ1v) is 5.97. The van der Waals surface area contributed by atoms with Crippen molar-refractivity contribution in [2.24, 2.45) is 5.92 Å². The molecule has 0 amide bonds. The normalized spacial score (nSPS) is 15.0. The standard InChI is InChI=1S/C13H23NO2/c1-5-14-12(10(2)6-8-15-4)13-11(3)7-9-16-13/h7,9-10,12,14H,5-6,8H2,1-4H3. The first-order chi connectivity index (χ1) is 7.70. The number of hydrogen-bond acceptors (Lipinski definition) is 3. The number of ether oxygens (including phenoxy) is 1. The summed E-state index contributed by atoms with van der Waals surface area (Å²) < 4.78 is 10.7. The van der Waals surface area contributed by atoms with Crippen LogP contribution < -0.4 is 5.32 Å². The first kappa shape index (κ1) is 13.3. The summed E-state index contributed by atoms with van der Waals surface area (Å²) in [4.78, 5) is 0. The summed E-state index contributed by atoms with van der Waals surface area (Å²) in [6.45, 7) is 8.18. The lowest BCUT2D eigenvalue weighted by Crippen LogP contribution is -2.27. The average molecular weight is 225 g/mol. The predicted molar refractivity (Wildman–Crippen MR) is 65.5 cm³/mol. The van der Waals surface area contributed by atoms with E-state index < -0.39 is 0 Å². The summed E-state index contributed by atoms with van der Waals surface area (Å²) in [5.41, 5.74) is 1.22. The quantitative estimate of drug-likeness (QED) is 0.774. The van der Waals surface area contributed by atoms with Crippen LogP contribution in [-0.4, -0.2) is 20.3 Å². The summed E-state index contributed by atoms with van der Waals surface area (Å²) in [7, 11) is 1.74. The van der Waals surface area contributed by atoms with Crippen molar-refractivity contribution < 1.29 is 9.15 Å². The van der Waals surface area contributed by atoms with Crippen LogP contribution in [0.25, 0.3) is 0 Å². The van der Waals surface area contributed by atoms with Crippen molar-refractivity contribution >= 4 is 0 Å². The molecule has 16 heavy (non-hydrogen) atoms. The molecule has 1 rings (SSSR count). The highest BCUT2D eigenvalue weighted by Gasteiger charge is 2.22. The van der Waals surface area contributed by atoms with E-state index in [-0.39, 0.29) is 6.04 Å². The van der Waals surface area contributed by atoms with Crippen molar-refractivity contribution in [1.29, 1.82) is 0 Å². The molecule has 1 heterocycles. The fourth-order valence-corrected chi connectivity index (χ4v) is 1.95. The molecule has 0 bridgehead atoms. The second-order valence-corrected chi connectivity index (χ2v) is 4.26. The van der Waals surface area contributed by atoms with Crippen LogP contribution in [0.4, 0.5) is 0 Å². The van der Waals surface area contributed by atoms with Crippen LogP contribution in [0.2, 0.25) is 0 Å². The van der Waals surface area contributed by atoms with Crippen LogP contribution in [0.15, 0.2) is 16.7 Å². The minimum Gasteiger partial charge on any atom is -0.467 e. The Morgan fingerprint density at radius 1 is 1.50 bits per heavy atom. The molecule has 92 valence electrons. The third-order valence-corrected chi connectivity index (χ3v) is 2.95. The third-order valence-electron chi connectivity index (χ3n) is 2.95. The largest absolute Gasteiger partial charge is 0.467 e. The van der Waals surface area contributed by atoms with Gasteiger partial charge in [0.25, 0.3) is 0 Å². The Kier molecular flexibility index (Phi) is 5.56. The summed E-state index contributed by atoms with van der Waals surface area (Å²) in [6, 6.07) is 2.30. The van der Waals surface area contributed by atoms with E-state index in [1.54, 1.807) is 13.4 Å². The highest BCUT2D eigenvalue weighted by atomic mass is 16.5. The van der Waals surface area contributed by atoms with Crippen LogP contribution in [0.3, 0.4) is 0 Å². The van der Waals surface area contributed by atoms with Crippen molar-refractivity contribution in [2.45, 2.75) is 33.2 Å². The van der Waals surface area contributed by atoms with Gasteiger partial charge in [0.05, 0.1) is 12.3 Å². The van der Waals surface area contributed by atoms with Crippen molar-refractivity contribution in [1.82, 2.24) is 5.32 Å². The second kappa shape index (κ2) is 6.71. The minimum absolute atomic E-state index is 0.287. The van der Waals surface area contributed by atoms with Gasteiger partial charge in [-0.15, -0.1) is 0 Å². The first-order valence-electron chi connectivity index (χ1n) is 5.97. The van der Waals surface area contributed by atoms with Gasteiger partial charge >= 0.3 is 0 Å². The van der Waals surface area contributed by atoms with Crippen LogP contribution in [-0.2, 0) is 4.74 Å². The number of furan rings is 1. The van der Waals surface area contributed by atoms with Gasteiger partial charge in [-0.1, -0.05) is 13.8 Å². The smallest absolute Gasteiger partial charge is 0.123 e. The lowest BCUT2D eigenvalue weighted by atomic mass is 9.95. The maximum atomic E-state index is 5.58. The van der Waals surface area contributed by atoms with Gasteiger partial charge in [0.15, 0.2) is 0 Å². The molecule has 1 aromatic heterocycles. The molecule has 0 saturated carbocycles. The van der Waals surface area contributed by atoms with Crippen molar-refractivity contribution in [2.75, 3.05) is 20.3 Å². The lowest BCUT2D eigenvalue weighted by molar-refractivity contribution is 0.166. The molecule has 0 aliphatic carbocycles. The molecule has 0 aliphatic heterocycles. The van der Waals surface area contributed by atoms with E-state index in [0.717, 1.165) is 25.3 Å². The van der Waals surface area contributed by atoms with E-state index in [4.69, 9.17) is 9.15 Å². The van der Waals surface area contributed by atoms with Crippen molar-refractivity contribution in [3.05, 3.63) is 23.7 Å². The maximum Gasteiger partial charge on any atom is 0.123 e. The molecule has 0 aromatic carbocycles. The average Bonchev–Trinajstić information content (AvgIpc) is 2.69. The molecule has 2 unspecified atom stereocenters. The van der Waals surface area contributed by atoms with Crippen LogP contribution in [0, 0.1) is 12.8 Å². The van der Waals surface area contributed by atoms with Gasteiger partial charge in [-0.05, 0) is 37.4 Å². The molecular weight excluding hydrogens is 202 g/mol.